The summed E-state index contributed by atoms with van der Waals surface area (Å²) in [4.78, 5) is 8.46. The van der Waals surface area contributed by atoms with E-state index in [1.54, 1.807) is 29.6 Å². The van der Waals surface area contributed by atoms with Gasteiger partial charge in [0.05, 0.1) is 10.6 Å². The summed E-state index contributed by atoms with van der Waals surface area (Å²) < 4.78 is 52.1. The van der Waals surface area contributed by atoms with Crippen LogP contribution in [0.1, 0.15) is 11.3 Å². The minimum Gasteiger partial charge on any atom is -0.222 e. The first-order valence-corrected chi connectivity index (χ1v) is 8.66. The first-order valence-electron chi connectivity index (χ1n) is 6.79. The van der Waals surface area contributed by atoms with E-state index in [0.29, 0.717) is 10.6 Å². The van der Waals surface area contributed by atoms with Gasteiger partial charge in [-0.15, -0.1) is 11.3 Å². The fraction of sp³-hybridized carbons (Fsp3) is 0.125. The maximum atomic E-state index is 13.1. The lowest BCUT2D eigenvalue weighted by Gasteiger charge is -2.09. The zero-order valence-corrected chi connectivity index (χ0v) is 13.7. The highest BCUT2D eigenvalue weighted by Gasteiger charge is 2.34. The van der Waals surface area contributed by atoms with E-state index >= 15 is 0 Å². The van der Waals surface area contributed by atoms with Crippen molar-refractivity contribution in [1.29, 1.82) is 0 Å². The van der Waals surface area contributed by atoms with E-state index in [0.717, 1.165) is 23.4 Å². The van der Waals surface area contributed by atoms with Crippen molar-refractivity contribution in [3.05, 3.63) is 64.9 Å². The first kappa shape index (κ1) is 16.9. The topological polar surface area (TPSA) is 25.8 Å². The summed E-state index contributed by atoms with van der Waals surface area (Å²) in [6.07, 6.45) is -4.54. The average Bonchev–Trinajstić information content (AvgIpc) is 3.08. The van der Waals surface area contributed by atoms with E-state index in [-0.39, 0.29) is 16.7 Å². The van der Waals surface area contributed by atoms with E-state index in [2.05, 4.69) is 9.97 Å². The molecule has 3 rings (SSSR count). The highest BCUT2D eigenvalue weighted by Crippen LogP contribution is 2.33. The fourth-order valence-electron chi connectivity index (χ4n) is 1.91. The Morgan fingerprint density at radius 1 is 1.04 bits per heavy atom. The second-order valence-corrected chi connectivity index (χ2v) is 6.70. The number of benzene rings is 1. The molecule has 24 heavy (non-hydrogen) atoms. The number of rotatable bonds is 4. The van der Waals surface area contributed by atoms with Gasteiger partial charge in [0.1, 0.15) is 11.5 Å². The third-order valence-electron chi connectivity index (χ3n) is 3.05. The maximum Gasteiger partial charge on any atom is 0.433 e. The van der Waals surface area contributed by atoms with E-state index in [4.69, 9.17) is 0 Å². The predicted molar refractivity (Wildman–Crippen MR) is 86.3 cm³/mol. The summed E-state index contributed by atoms with van der Waals surface area (Å²) in [5.74, 6) is -0.00934. The molecule has 0 amide bonds. The van der Waals surface area contributed by atoms with Gasteiger partial charge in [0.25, 0.3) is 0 Å². The molecule has 124 valence electrons. The van der Waals surface area contributed by atoms with Crippen LogP contribution in [0.4, 0.5) is 17.6 Å². The van der Waals surface area contributed by atoms with Crippen LogP contribution in [-0.4, -0.2) is 9.97 Å². The van der Waals surface area contributed by atoms with Crippen molar-refractivity contribution in [3.8, 4) is 10.6 Å². The maximum absolute atomic E-state index is 13.1. The largest absolute Gasteiger partial charge is 0.433 e. The molecular formula is C16H10F4N2S2. The summed E-state index contributed by atoms with van der Waals surface area (Å²) >= 11 is 2.39. The zero-order chi connectivity index (χ0) is 17.2. The van der Waals surface area contributed by atoms with Gasteiger partial charge in [-0.05, 0) is 35.2 Å². The number of thioether (sulfide) groups is 1. The highest BCUT2D eigenvalue weighted by atomic mass is 32.2. The van der Waals surface area contributed by atoms with Crippen molar-refractivity contribution < 1.29 is 17.6 Å². The third kappa shape index (κ3) is 4.12. The molecule has 2 heterocycles. The van der Waals surface area contributed by atoms with Crippen LogP contribution in [0.15, 0.2) is 53.0 Å². The van der Waals surface area contributed by atoms with Gasteiger partial charge in [0, 0.05) is 5.75 Å². The monoisotopic (exact) mass is 370 g/mol. The quantitative estimate of drug-likeness (QED) is 0.337. The lowest BCUT2D eigenvalue weighted by molar-refractivity contribution is -0.141. The molecule has 0 aliphatic heterocycles. The Morgan fingerprint density at radius 3 is 2.42 bits per heavy atom. The Morgan fingerprint density at radius 2 is 1.79 bits per heavy atom. The van der Waals surface area contributed by atoms with E-state index in [1.165, 1.54) is 23.5 Å². The molecule has 0 aliphatic rings. The molecule has 0 radical (unpaired) electrons. The second kappa shape index (κ2) is 6.90. The number of alkyl halides is 3. The smallest absolute Gasteiger partial charge is 0.222 e. The average molecular weight is 370 g/mol. The Balaban J connectivity index is 1.88. The van der Waals surface area contributed by atoms with Crippen molar-refractivity contribution in [1.82, 2.24) is 9.97 Å². The molecular weight excluding hydrogens is 360 g/mol. The van der Waals surface area contributed by atoms with Gasteiger partial charge in [-0.3, -0.25) is 0 Å². The number of hydrogen-bond donors (Lipinski definition) is 0. The molecule has 0 saturated heterocycles. The van der Waals surface area contributed by atoms with Crippen LogP contribution in [0.3, 0.4) is 0 Å². The van der Waals surface area contributed by atoms with E-state index < -0.39 is 11.9 Å². The Kier molecular flexibility index (Phi) is 4.86. The van der Waals surface area contributed by atoms with Crippen molar-refractivity contribution in [3.63, 3.8) is 0 Å². The van der Waals surface area contributed by atoms with Crippen LogP contribution in [0, 0.1) is 5.82 Å². The number of thiophene rings is 1. The molecule has 0 unspecified atom stereocenters. The minimum atomic E-state index is -4.54. The van der Waals surface area contributed by atoms with Gasteiger partial charge in [0.15, 0.2) is 5.16 Å². The number of nitrogens with zero attached hydrogens (tertiary/aromatic N) is 2. The van der Waals surface area contributed by atoms with Gasteiger partial charge in [-0.25, -0.2) is 14.4 Å². The molecule has 0 saturated carbocycles. The Bertz CT molecular complexity index is 815. The molecule has 0 atom stereocenters. The third-order valence-corrected chi connectivity index (χ3v) is 4.86. The molecule has 2 aromatic heterocycles. The standard InChI is InChI=1S/C16H10F4N2S2/c17-11-5-3-10(4-6-11)9-24-15-21-12(13-2-1-7-23-13)8-14(22-15)16(18,19)20/h1-8H,9H2. The highest BCUT2D eigenvalue weighted by molar-refractivity contribution is 7.98. The Labute approximate surface area is 143 Å². The lowest BCUT2D eigenvalue weighted by atomic mass is 10.2. The summed E-state index contributed by atoms with van der Waals surface area (Å²) in [6, 6.07) is 10.2. The van der Waals surface area contributed by atoms with Crippen LogP contribution in [0.25, 0.3) is 10.6 Å². The van der Waals surface area contributed by atoms with Crippen molar-refractivity contribution in [2.75, 3.05) is 0 Å². The normalized spacial score (nSPS) is 11.7. The van der Waals surface area contributed by atoms with Crippen molar-refractivity contribution in [2.45, 2.75) is 17.1 Å². The van der Waals surface area contributed by atoms with Crippen molar-refractivity contribution >= 4 is 23.1 Å². The van der Waals surface area contributed by atoms with Crippen LogP contribution < -0.4 is 0 Å². The molecule has 2 nitrogen and oxygen atoms in total. The van der Waals surface area contributed by atoms with Crippen LogP contribution >= 0.6 is 23.1 Å². The summed E-state index contributed by atoms with van der Waals surface area (Å²) in [6.45, 7) is 0. The number of aromatic nitrogens is 2. The zero-order valence-electron chi connectivity index (χ0n) is 12.0. The van der Waals surface area contributed by atoms with Crippen LogP contribution in [0.2, 0.25) is 0 Å². The Hall–Kier alpha value is -1.93. The van der Waals surface area contributed by atoms with Gasteiger partial charge < -0.3 is 0 Å². The molecule has 0 spiro atoms. The predicted octanol–water partition coefficient (Wildman–Crippen LogP) is 5.66. The molecule has 3 aromatic rings. The molecule has 0 N–H and O–H groups in total. The molecule has 8 heteroatoms. The van der Waals surface area contributed by atoms with Crippen molar-refractivity contribution in [2.24, 2.45) is 0 Å². The van der Waals surface area contributed by atoms with Gasteiger partial charge in [-0.1, -0.05) is 30.0 Å². The lowest BCUT2D eigenvalue weighted by Crippen LogP contribution is -2.10. The first-order chi connectivity index (χ1) is 11.4. The van der Waals surface area contributed by atoms with Crippen LogP contribution in [0.5, 0.6) is 0 Å². The van der Waals surface area contributed by atoms with Crippen LogP contribution in [-0.2, 0) is 11.9 Å². The second-order valence-electron chi connectivity index (χ2n) is 4.81. The van der Waals surface area contributed by atoms with E-state index in [9.17, 15) is 17.6 Å². The number of hydrogen-bond acceptors (Lipinski definition) is 4. The van der Waals surface area contributed by atoms with E-state index in [1.807, 2.05) is 0 Å². The minimum absolute atomic E-state index is 0.0394. The molecule has 1 aromatic carbocycles. The SMILES string of the molecule is Fc1ccc(CSc2nc(-c3cccs3)cc(C(F)(F)F)n2)cc1. The van der Waals surface area contributed by atoms with Gasteiger partial charge in [-0.2, -0.15) is 13.2 Å². The number of halogens is 4. The van der Waals surface area contributed by atoms with Gasteiger partial charge >= 0.3 is 6.18 Å². The van der Waals surface area contributed by atoms with Gasteiger partial charge in [0.2, 0.25) is 0 Å². The molecule has 0 bridgehead atoms. The molecule has 0 fully saturated rings. The summed E-state index contributed by atoms with van der Waals surface area (Å²) in [5, 5.41) is 1.81. The fourth-order valence-corrected chi connectivity index (χ4v) is 3.41. The summed E-state index contributed by atoms with van der Waals surface area (Å²) in [7, 11) is 0. The molecule has 0 aliphatic carbocycles. The summed E-state index contributed by atoms with van der Waals surface area (Å²) in [5.41, 5.74) is 0.0523.